The van der Waals surface area contributed by atoms with Gasteiger partial charge in [-0.15, -0.1) is 0 Å². The Balaban J connectivity index is 1.05. The first-order valence-electron chi connectivity index (χ1n) is 16.3. The average molecular weight is 673 g/mol. The number of anilines is 3. The first kappa shape index (κ1) is 32.3. The van der Waals surface area contributed by atoms with E-state index in [0.717, 1.165) is 28.0 Å². The van der Waals surface area contributed by atoms with Crippen molar-refractivity contribution in [1.82, 2.24) is 24.4 Å². The number of ketones is 1. The van der Waals surface area contributed by atoms with E-state index >= 15 is 0 Å². The number of aryl methyl sites for hydroxylation is 1. The van der Waals surface area contributed by atoms with E-state index < -0.39 is 6.03 Å². The van der Waals surface area contributed by atoms with Gasteiger partial charge >= 0.3 is 6.03 Å². The molecule has 1 fully saturated rings. The second kappa shape index (κ2) is 13.7. The van der Waals surface area contributed by atoms with E-state index in [-0.39, 0.29) is 23.4 Å². The number of ether oxygens (including phenoxy) is 2. The zero-order valence-corrected chi connectivity index (χ0v) is 27.9. The Morgan fingerprint density at radius 1 is 1.04 bits per heavy atom. The molecule has 1 saturated heterocycles. The highest BCUT2D eigenvalue weighted by Crippen LogP contribution is 2.37. The van der Waals surface area contributed by atoms with Gasteiger partial charge in [-0.25, -0.2) is 9.78 Å². The summed E-state index contributed by atoms with van der Waals surface area (Å²) in [5, 5.41) is 6.36. The summed E-state index contributed by atoms with van der Waals surface area (Å²) in [6.45, 7) is 1.79. The number of Topliss-reactive ketones (excluding diaryl/α,β-unsaturated/α-hetero) is 1. The fraction of sp³-hybridized carbons (Fsp3) is 0.243. The number of methoxy groups -OCH3 is 1. The minimum atomic E-state index is -0.457. The van der Waals surface area contributed by atoms with E-state index in [1.54, 1.807) is 73.1 Å². The lowest BCUT2D eigenvalue weighted by Gasteiger charge is -2.35. The van der Waals surface area contributed by atoms with E-state index in [1.807, 2.05) is 37.0 Å². The number of urea groups is 1. The van der Waals surface area contributed by atoms with Gasteiger partial charge in [0.1, 0.15) is 17.1 Å². The third kappa shape index (κ3) is 6.57. The molecule has 2 aliphatic heterocycles. The maximum absolute atomic E-state index is 13.6. The molecule has 2 aliphatic rings. The second-order valence-electron chi connectivity index (χ2n) is 12.3. The number of piperidine rings is 1. The van der Waals surface area contributed by atoms with Crippen molar-refractivity contribution in [2.24, 2.45) is 13.0 Å². The number of hydrogen-bond donors (Lipinski definition) is 2. The minimum Gasteiger partial charge on any atom is -0.497 e. The molecule has 50 heavy (non-hydrogen) atoms. The number of carbonyl (C=O) groups excluding carboxylic acids is 3. The second-order valence-corrected chi connectivity index (χ2v) is 12.3. The standard InChI is InChI=1S/C37H36N8O5/c1-43-21-24(17-32-34(46)29-19-25(6-7-31(29)50-32)41-37(48)42-26-5-4-12-38-20-26)33-30(9-14-40-35(33)43)45-15-10-23(11-16-45)36(47)44(2)22-27-18-28(49-3)8-13-39-27/h4-9,12-14,17-21,23H,10-11,15-16,22H2,1-3H3,(H2,41,42,48). The lowest BCUT2D eigenvalue weighted by atomic mass is 9.94. The number of amides is 3. The van der Waals surface area contributed by atoms with Crippen molar-refractivity contribution in [2.75, 3.05) is 42.8 Å². The molecule has 0 unspecified atom stereocenters. The van der Waals surface area contributed by atoms with E-state index in [9.17, 15) is 14.4 Å². The Hall–Kier alpha value is -6.24. The van der Waals surface area contributed by atoms with E-state index in [0.29, 0.717) is 60.9 Å². The average Bonchev–Trinajstić information content (AvgIpc) is 3.62. The number of hydrogen-bond acceptors (Lipinski definition) is 9. The van der Waals surface area contributed by atoms with Crippen LogP contribution in [0.3, 0.4) is 0 Å². The number of carbonyl (C=O) groups is 3. The van der Waals surface area contributed by atoms with Crippen LogP contribution in [-0.2, 0) is 18.4 Å². The van der Waals surface area contributed by atoms with Gasteiger partial charge in [-0.05, 0) is 61.4 Å². The molecule has 0 spiro atoms. The molecule has 4 aromatic heterocycles. The summed E-state index contributed by atoms with van der Waals surface area (Å²) in [5.41, 5.74) is 4.67. The number of allylic oxidation sites excluding steroid dienone is 1. The van der Waals surface area contributed by atoms with Gasteiger partial charge < -0.3 is 34.5 Å². The molecule has 7 rings (SSSR count). The SMILES string of the molecule is COc1ccnc(CN(C)C(=O)C2CCN(c3ccnc4c3c(C=C3Oc5ccc(NC(=O)Nc6cccnc6)cc5C3=O)cn4C)CC2)c1. The maximum atomic E-state index is 13.6. The molecule has 0 radical (unpaired) electrons. The van der Waals surface area contributed by atoms with Crippen molar-refractivity contribution in [1.29, 1.82) is 0 Å². The Kier molecular flexibility index (Phi) is 8.86. The monoisotopic (exact) mass is 672 g/mol. The van der Waals surface area contributed by atoms with Crippen LogP contribution in [0.5, 0.6) is 11.5 Å². The van der Waals surface area contributed by atoms with Gasteiger partial charge in [0.2, 0.25) is 11.7 Å². The molecule has 0 saturated carbocycles. The number of nitrogens with zero attached hydrogens (tertiary/aromatic N) is 6. The summed E-state index contributed by atoms with van der Waals surface area (Å²) in [4.78, 5) is 56.5. The van der Waals surface area contributed by atoms with Crippen molar-refractivity contribution >= 4 is 51.9 Å². The van der Waals surface area contributed by atoms with Gasteiger partial charge in [0.25, 0.3) is 0 Å². The van der Waals surface area contributed by atoms with E-state index in [2.05, 4.69) is 30.5 Å². The summed E-state index contributed by atoms with van der Waals surface area (Å²) < 4.78 is 13.2. The van der Waals surface area contributed by atoms with E-state index in [1.165, 1.54) is 6.20 Å². The van der Waals surface area contributed by atoms with Crippen LogP contribution >= 0.6 is 0 Å². The number of nitrogens with one attached hydrogen (secondary N) is 2. The van der Waals surface area contributed by atoms with Gasteiger partial charge in [-0.1, -0.05) is 0 Å². The number of rotatable bonds is 8. The third-order valence-corrected chi connectivity index (χ3v) is 8.98. The van der Waals surface area contributed by atoms with Crippen LogP contribution in [0.4, 0.5) is 21.9 Å². The molecule has 0 bridgehead atoms. The van der Waals surface area contributed by atoms with Gasteiger partial charge in [0.05, 0.1) is 36.8 Å². The fourth-order valence-electron chi connectivity index (χ4n) is 6.50. The van der Waals surface area contributed by atoms with Crippen molar-refractivity contribution in [3.63, 3.8) is 0 Å². The Bertz CT molecular complexity index is 2120. The predicted octanol–water partition coefficient (Wildman–Crippen LogP) is 5.51. The highest BCUT2D eigenvalue weighted by Gasteiger charge is 2.31. The van der Waals surface area contributed by atoms with Crippen LogP contribution in [0.15, 0.2) is 85.3 Å². The van der Waals surface area contributed by atoms with Crippen molar-refractivity contribution in [3.8, 4) is 11.5 Å². The van der Waals surface area contributed by atoms with Crippen LogP contribution in [-0.4, -0.2) is 69.4 Å². The zero-order valence-electron chi connectivity index (χ0n) is 27.9. The van der Waals surface area contributed by atoms with Crippen LogP contribution in [0.2, 0.25) is 0 Å². The lowest BCUT2D eigenvalue weighted by Crippen LogP contribution is -2.41. The molecular weight excluding hydrogens is 636 g/mol. The first-order valence-corrected chi connectivity index (χ1v) is 16.3. The molecule has 5 aromatic rings. The molecule has 13 nitrogen and oxygen atoms in total. The number of fused-ring (bicyclic) bond motifs is 2. The molecule has 13 heteroatoms. The Labute approximate surface area is 288 Å². The topological polar surface area (TPSA) is 144 Å². The number of pyridine rings is 3. The number of benzene rings is 1. The summed E-state index contributed by atoms with van der Waals surface area (Å²) >= 11 is 0. The van der Waals surface area contributed by atoms with Gasteiger partial charge in [0, 0.05) is 86.3 Å². The molecule has 0 atom stereocenters. The summed E-state index contributed by atoms with van der Waals surface area (Å²) in [7, 11) is 5.34. The van der Waals surface area contributed by atoms with Crippen molar-refractivity contribution in [3.05, 3.63) is 102 Å². The molecule has 3 amide bonds. The molecular formula is C37H36N8O5. The van der Waals surface area contributed by atoms with Crippen LogP contribution in [0.25, 0.3) is 17.1 Å². The minimum absolute atomic E-state index is 0.0969. The Morgan fingerprint density at radius 2 is 1.84 bits per heavy atom. The molecule has 254 valence electrons. The molecule has 0 aliphatic carbocycles. The maximum Gasteiger partial charge on any atom is 0.323 e. The smallest absolute Gasteiger partial charge is 0.323 e. The molecule has 1 aromatic carbocycles. The van der Waals surface area contributed by atoms with Crippen molar-refractivity contribution < 1.29 is 23.9 Å². The van der Waals surface area contributed by atoms with Gasteiger partial charge in [-0.3, -0.25) is 19.6 Å². The quantitative estimate of drug-likeness (QED) is 0.204. The summed E-state index contributed by atoms with van der Waals surface area (Å²) in [5.74, 6) is 1.02. The predicted molar refractivity (Wildman–Crippen MR) is 189 cm³/mol. The normalized spacial score (nSPS) is 15.1. The third-order valence-electron chi connectivity index (χ3n) is 8.98. The number of aromatic nitrogens is 4. The lowest BCUT2D eigenvalue weighted by molar-refractivity contribution is -0.135. The first-order chi connectivity index (χ1) is 24.3. The Morgan fingerprint density at radius 3 is 2.62 bits per heavy atom. The molecule has 6 heterocycles. The van der Waals surface area contributed by atoms with Crippen molar-refractivity contribution in [2.45, 2.75) is 19.4 Å². The highest BCUT2D eigenvalue weighted by molar-refractivity contribution is 6.16. The van der Waals surface area contributed by atoms with Gasteiger partial charge in [0.15, 0.2) is 5.76 Å². The summed E-state index contributed by atoms with van der Waals surface area (Å²) in [6.07, 6.45) is 11.7. The van der Waals surface area contributed by atoms with Crippen LogP contribution in [0, 0.1) is 5.92 Å². The fourth-order valence-corrected chi connectivity index (χ4v) is 6.50. The largest absolute Gasteiger partial charge is 0.497 e. The summed E-state index contributed by atoms with van der Waals surface area (Å²) in [6, 6.07) is 13.6. The zero-order chi connectivity index (χ0) is 34.8. The van der Waals surface area contributed by atoms with Crippen LogP contribution in [0.1, 0.15) is 34.5 Å². The van der Waals surface area contributed by atoms with Gasteiger partial charge in [-0.2, -0.15) is 0 Å². The van der Waals surface area contributed by atoms with E-state index in [4.69, 9.17) is 9.47 Å². The highest BCUT2D eigenvalue weighted by atomic mass is 16.5. The van der Waals surface area contributed by atoms with Crippen LogP contribution < -0.4 is 25.0 Å². The molecule has 2 N–H and O–H groups in total.